The molecule has 1 atom stereocenters. The SMILES string of the molecule is CC(C)CC1CCCCN1c1nc2nc(C(=N)NO)nc(NCCC3CCC3)c2n1CC1CCC(C)CC1. The zero-order chi connectivity index (χ0) is 26.6. The molecule has 2 saturated carbocycles. The third-order valence-corrected chi connectivity index (χ3v) is 9.19. The van der Waals surface area contributed by atoms with Gasteiger partial charge in [0.25, 0.3) is 0 Å². The van der Waals surface area contributed by atoms with Crippen LogP contribution in [0.15, 0.2) is 0 Å². The summed E-state index contributed by atoms with van der Waals surface area (Å²) in [6, 6.07) is 0.477. The van der Waals surface area contributed by atoms with Gasteiger partial charge in [-0.3, -0.25) is 10.6 Å². The summed E-state index contributed by atoms with van der Waals surface area (Å²) in [6.45, 7) is 9.79. The zero-order valence-corrected chi connectivity index (χ0v) is 23.7. The van der Waals surface area contributed by atoms with E-state index in [9.17, 15) is 5.21 Å². The summed E-state index contributed by atoms with van der Waals surface area (Å²) in [5.41, 5.74) is 3.51. The number of fused-ring (bicyclic) bond motifs is 1. The Balaban J connectivity index is 1.56. The predicted molar refractivity (Wildman–Crippen MR) is 153 cm³/mol. The van der Waals surface area contributed by atoms with E-state index in [1.165, 1.54) is 64.2 Å². The highest BCUT2D eigenvalue weighted by Gasteiger charge is 2.31. The molecule has 0 radical (unpaired) electrons. The number of aromatic nitrogens is 4. The number of anilines is 2. The molecule has 0 bridgehead atoms. The summed E-state index contributed by atoms with van der Waals surface area (Å²) in [4.78, 5) is 17.2. The molecule has 210 valence electrons. The number of rotatable bonds is 10. The third kappa shape index (κ3) is 6.08. The van der Waals surface area contributed by atoms with E-state index in [2.05, 4.69) is 40.5 Å². The third-order valence-electron chi connectivity index (χ3n) is 9.19. The highest BCUT2D eigenvalue weighted by atomic mass is 16.5. The van der Waals surface area contributed by atoms with Crippen LogP contribution >= 0.6 is 0 Å². The number of amidine groups is 1. The first-order valence-corrected chi connectivity index (χ1v) is 15.2. The second-order valence-electron chi connectivity index (χ2n) is 12.7. The van der Waals surface area contributed by atoms with E-state index in [0.717, 1.165) is 61.6 Å². The quantitative estimate of drug-likeness (QED) is 0.172. The lowest BCUT2D eigenvalue weighted by atomic mass is 9.83. The van der Waals surface area contributed by atoms with Gasteiger partial charge in [0.05, 0.1) is 0 Å². The fourth-order valence-corrected chi connectivity index (χ4v) is 6.70. The van der Waals surface area contributed by atoms with E-state index in [1.54, 1.807) is 0 Å². The Kier molecular flexibility index (Phi) is 8.71. The lowest BCUT2D eigenvalue weighted by Gasteiger charge is -2.38. The predicted octanol–water partition coefficient (Wildman–Crippen LogP) is 5.96. The van der Waals surface area contributed by atoms with Gasteiger partial charge in [-0.2, -0.15) is 4.98 Å². The Morgan fingerprint density at radius 3 is 2.47 bits per heavy atom. The molecule has 3 heterocycles. The molecule has 2 aromatic heterocycles. The van der Waals surface area contributed by atoms with Gasteiger partial charge in [0, 0.05) is 25.7 Å². The maximum Gasteiger partial charge on any atom is 0.208 e. The van der Waals surface area contributed by atoms with Crippen LogP contribution in [0.4, 0.5) is 11.8 Å². The van der Waals surface area contributed by atoms with Crippen LogP contribution in [0, 0.1) is 29.1 Å². The van der Waals surface area contributed by atoms with E-state index < -0.39 is 0 Å². The van der Waals surface area contributed by atoms with E-state index in [4.69, 9.17) is 15.4 Å². The summed E-state index contributed by atoms with van der Waals surface area (Å²) >= 11 is 0. The van der Waals surface area contributed by atoms with Crippen molar-refractivity contribution in [2.75, 3.05) is 23.3 Å². The number of nitrogens with one attached hydrogen (secondary N) is 3. The topological polar surface area (TPSA) is 115 Å². The minimum atomic E-state index is -0.207. The number of piperidine rings is 1. The molecule has 0 amide bonds. The molecule has 3 aliphatic rings. The molecule has 1 unspecified atom stereocenters. The van der Waals surface area contributed by atoms with Crippen LogP contribution in [0.25, 0.3) is 11.2 Å². The molecule has 3 fully saturated rings. The van der Waals surface area contributed by atoms with Gasteiger partial charge in [-0.1, -0.05) is 52.9 Å². The van der Waals surface area contributed by atoms with E-state index >= 15 is 0 Å². The Morgan fingerprint density at radius 2 is 1.79 bits per heavy atom. The Labute approximate surface area is 227 Å². The van der Waals surface area contributed by atoms with Gasteiger partial charge in [0.2, 0.25) is 11.8 Å². The minimum absolute atomic E-state index is 0.172. The van der Waals surface area contributed by atoms with Crippen molar-refractivity contribution in [1.29, 1.82) is 5.41 Å². The highest BCUT2D eigenvalue weighted by molar-refractivity contribution is 5.96. The highest BCUT2D eigenvalue weighted by Crippen LogP contribution is 2.36. The number of hydrogen-bond donors (Lipinski definition) is 4. The second kappa shape index (κ2) is 12.2. The lowest BCUT2D eigenvalue weighted by Crippen LogP contribution is -2.42. The van der Waals surface area contributed by atoms with Crippen LogP contribution in [0.2, 0.25) is 0 Å². The maximum absolute atomic E-state index is 9.45. The molecule has 2 aromatic rings. The van der Waals surface area contributed by atoms with Gasteiger partial charge < -0.3 is 14.8 Å². The van der Waals surface area contributed by atoms with Gasteiger partial charge >= 0.3 is 0 Å². The molecule has 38 heavy (non-hydrogen) atoms. The molecule has 9 nitrogen and oxygen atoms in total. The van der Waals surface area contributed by atoms with Crippen molar-refractivity contribution in [2.45, 2.75) is 110 Å². The van der Waals surface area contributed by atoms with Crippen molar-refractivity contribution in [3.8, 4) is 0 Å². The Morgan fingerprint density at radius 1 is 1.00 bits per heavy atom. The molecular formula is C29H48N8O. The smallest absolute Gasteiger partial charge is 0.208 e. The standard InChI is InChI=1S/C29H48N8O/c1-19(2)17-23-9-4-5-16-36(23)29-34-27-24(37(29)18-22-12-10-20(3)11-13-22)26(31-15-14-21-7-6-8-21)32-28(33-27)25(30)35-38/h19-23,38H,4-18H2,1-3H3,(H2,30,35)(H,31,32,33). The van der Waals surface area contributed by atoms with Gasteiger partial charge in [-0.25, -0.2) is 15.4 Å². The normalized spacial score (nSPS) is 24.6. The van der Waals surface area contributed by atoms with Crippen molar-refractivity contribution >= 4 is 28.8 Å². The molecular weight excluding hydrogens is 476 g/mol. The van der Waals surface area contributed by atoms with Crippen LogP contribution in [-0.4, -0.2) is 49.7 Å². The van der Waals surface area contributed by atoms with Crippen LogP contribution in [0.3, 0.4) is 0 Å². The molecule has 1 saturated heterocycles. The van der Waals surface area contributed by atoms with Crippen LogP contribution in [0.5, 0.6) is 0 Å². The summed E-state index contributed by atoms with van der Waals surface area (Å²) in [5, 5.41) is 21.2. The summed E-state index contributed by atoms with van der Waals surface area (Å²) < 4.78 is 2.42. The van der Waals surface area contributed by atoms with Gasteiger partial charge in [0.15, 0.2) is 17.3 Å². The molecule has 4 N–H and O–H groups in total. The van der Waals surface area contributed by atoms with E-state index in [0.29, 0.717) is 23.5 Å². The molecule has 0 spiro atoms. The maximum atomic E-state index is 9.45. The van der Waals surface area contributed by atoms with Gasteiger partial charge in [-0.15, -0.1) is 0 Å². The van der Waals surface area contributed by atoms with E-state index in [-0.39, 0.29) is 11.7 Å². The van der Waals surface area contributed by atoms with Crippen molar-refractivity contribution in [3.05, 3.63) is 5.82 Å². The average Bonchev–Trinajstić information content (AvgIpc) is 3.24. The number of hydrogen-bond acceptors (Lipinski definition) is 7. The van der Waals surface area contributed by atoms with Crippen molar-refractivity contribution in [1.82, 2.24) is 25.0 Å². The Bertz CT molecular complexity index is 1090. The lowest BCUT2D eigenvalue weighted by molar-refractivity contribution is 0.233. The first kappa shape index (κ1) is 27.2. The zero-order valence-electron chi connectivity index (χ0n) is 23.7. The fraction of sp³-hybridized carbons (Fsp3) is 0.793. The Hall–Kier alpha value is -2.42. The van der Waals surface area contributed by atoms with E-state index in [1.807, 2.05) is 5.48 Å². The van der Waals surface area contributed by atoms with Gasteiger partial charge in [-0.05, 0) is 68.6 Å². The number of imidazole rings is 1. The first-order chi connectivity index (χ1) is 18.4. The monoisotopic (exact) mass is 524 g/mol. The molecule has 5 rings (SSSR count). The van der Waals surface area contributed by atoms with Crippen LogP contribution in [0.1, 0.15) is 104 Å². The minimum Gasteiger partial charge on any atom is -0.368 e. The molecule has 1 aliphatic heterocycles. The number of nitrogens with zero attached hydrogens (tertiary/aromatic N) is 5. The summed E-state index contributed by atoms with van der Waals surface area (Å²) in [7, 11) is 0. The van der Waals surface area contributed by atoms with Crippen molar-refractivity contribution in [3.63, 3.8) is 0 Å². The second-order valence-corrected chi connectivity index (χ2v) is 12.7. The molecule has 2 aliphatic carbocycles. The van der Waals surface area contributed by atoms with Crippen LogP contribution < -0.4 is 15.7 Å². The van der Waals surface area contributed by atoms with Crippen LogP contribution in [-0.2, 0) is 6.54 Å². The average molecular weight is 525 g/mol. The summed E-state index contributed by atoms with van der Waals surface area (Å²) in [5.74, 6) is 4.58. The van der Waals surface area contributed by atoms with Gasteiger partial charge in [0.1, 0.15) is 5.52 Å². The summed E-state index contributed by atoms with van der Waals surface area (Å²) in [6.07, 6.45) is 15.0. The molecule has 0 aromatic carbocycles. The fourth-order valence-electron chi connectivity index (χ4n) is 6.70. The number of hydroxylamine groups is 1. The largest absolute Gasteiger partial charge is 0.368 e. The molecule has 9 heteroatoms. The van der Waals surface area contributed by atoms with Crippen molar-refractivity contribution < 1.29 is 5.21 Å². The van der Waals surface area contributed by atoms with Crippen molar-refractivity contribution in [2.24, 2.45) is 23.7 Å². The first-order valence-electron chi connectivity index (χ1n) is 15.2.